The first-order chi connectivity index (χ1) is 12.7. The fraction of sp³-hybridized carbons (Fsp3) is 0.538. The Balaban J connectivity index is 0.00000225. The summed E-state index contributed by atoms with van der Waals surface area (Å²) in [7, 11) is 0. The summed E-state index contributed by atoms with van der Waals surface area (Å²) < 4.78 is 3.21. The van der Waals surface area contributed by atoms with Crippen LogP contribution in [0, 0.1) is 5.41 Å². The van der Waals surface area contributed by atoms with Crippen molar-refractivity contribution >= 4 is 14.9 Å². The van der Waals surface area contributed by atoms with Crippen molar-refractivity contribution < 1.29 is 44.0 Å². The third-order valence-electron chi connectivity index (χ3n) is 6.69. The average Bonchev–Trinajstić information content (AvgIpc) is 2.99. The predicted octanol–water partition coefficient (Wildman–Crippen LogP) is 1.13. The summed E-state index contributed by atoms with van der Waals surface area (Å²) in [5.74, 6) is 0. The molecule has 1 aromatic heterocycles. The number of halogens is 2. The van der Waals surface area contributed by atoms with Gasteiger partial charge >= 0.3 is 181 Å². The second kappa shape index (κ2) is 8.82. The van der Waals surface area contributed by atoms with E-state index >= 15 is 0 Å². The van der Waals surface area contributed by atoms with Crippen LogP contribution >= 0.6 is 0 Å². The Labute approximate surface area is 205 Å². The molecule has 1 heterocycles. The van der Waals surface area contributed by atoms with Crippen LogP contribution in [-0.4, -0.2) is 4.98 Å². The zero-order valence-electron chi connectivity index (χ0n) is 20.5. The molecule has 0 bridgehead atoms. The van der Waals surface area contributed by atoms with Crippen LogP contribution < -0.4 is 28.8 Å². The van der Waals surface area contributed by atoms with Crippen molar-refractivity contribution in [3.63, 3.8) is 0 Å². The van der Waals surface area contributed by atoms with Crippen LogP contribution in [0.3, 0.4) is 0 Å². The van der Waals surface area contributed by atoms with E-state index in [-0.39, 0.29) is 41.1 Å². The van der Waals surface area contributed by atoms with E-state index in [0.29, 0.717) is 0 Å². The molecule has 1 nitrogen and oxygen atoms in total. The van der Waals surface area contributed by atoms with Gasteiger partial charge in [0, 0.05) is 0 Å². The number of benzene rings is 1. The van der Waals surface area contributed by atoms with Gasteiger partial charge in [-0.25, -0.2) is 0 Å². The van der Waals surface area contributed by atoms with Gasteiger partial charge in [0.2, 0.25) is 0 Å². The minimum atomic E-state index is -0.436. The van der Waals surface area contributed by atoms with Gasteiger partial charge in [0.05, 0.1) is 0 Å². The number of fused-ring (bicyclic) bond motifs is 1. The van der Waals surface area contributed by atoms with Gasteiger partial charge in [-0.2, -0.15) is 0 Å². The van der Waals surface area contributed by atoms with Crippen LogP contribution in [0.1, 0.15) is 87.3 Å². The molecule has 0 unspecified atom stereocenters. The van der Waals surface area contributed by atoms with Crippen molar-refractivity contribution in [2.45, 2.75) is 87.0 Å². The average molecular weight is 482 g/mol. The number of allylic oxidation sites excluding steroid dienone is 4. The molecular weight excluding hydrogens is 445 g/mol. The summed E-state index contributed by atoms with van der Waals surface area (Å²) >= 11 is -0.436. The minimum absolute atomic E-state index is 0. The Kier molecular flexibility index (Phi) is 8.10. The molecule has 30 heavy (non-hydrogen) atoms. The molecule has 0 radical (unpaired) electrons. The molecule has 1 aliphatic carbocycles. The van der Waals surface area contributed by atoms with Gasteiger partial charge in [-0.1, -0.05) is 0 Å². The molecule has 4 heteroatoms. The number of aromatic nitrogens is 1. The molecule has 164 valence electrons. The van der Waals surface area contributed by atoms with Gasteiger partial charge in [-0.15, -0.1) is 0 Å². The van der Waals surface area contributed by atoms with Crippen LogP contribution in [0.2, 0.25) is 0 Å². The molecule has 2 aromatic rings. The van der Waals surface area contributed by atoms with Crippen molar-refractivity contribution in [3.05, 3.63) is 49.9 Å². The van der Waals surface area contributed by atoms with Gasteiger partial charge in [-0.3, -0.25) is 0 Å². The van der Waals surface area contributed by atoms with Gasteiger partial charge in [0.1, 0.15) is 0 Å². The molecule has 1 aliphatic rings. The normalized spacial score (nSPS) is 16.5. The van der Waals surface area contributed by atoms with Crippen LogP contribution in [0.5, 0.6) is 0 Å². The first-order valence-corrected chi connectivity index (χ1v) is 12.1. The summed E-state index contributed by atoms with van der Waals surface area (Å²) in [5.41, 5.74) is 9.36. The molecule has 3 rings (SSSR count). The fourth-order valence-corrected chi connectivity index (χ4v) is 7.73. The van der Waals surface area contributed by atoms with Crippen molar-refractivity contribution in [1.82, 2.24) is 4.98 Å². The van der Waals surface area contributed by atoms with E-state index in [1.165, 1.54) is 31.6 Å². The monoisotopic (exact) mass is 481 g/mol. The Bertz CT molecular complexity index is 1010. The maximum atomic E-state index is 3.90. The molecule has 0 amide bonds. The molecule has 0 fully saturated rings. The van der Waals surface area contributed by atoms with E-state index in [1.807, 2.05) is 0 Å². The van der Waals surface area contributed by atoms with Gasteiger partial charge < -0.3 is 24.8 Å². The maximum Gasteiger partial charge on any atom is -1.00 e. The van der Waals surface area contributed by atoms with E-state index in [1.54, 1.807) is 15.0 Å². The molecule has 1 N–H and O–H groups in total. The van der Waals surface area contributed by atoms with E-state index in [9.17, 15) is 0 Å². The summed E-state index contributed by atoms with van der Waals surface area (Å²) in [4.78, 5) is 3.90. The molecule has 1 aromatic carbocycles. The summed E-state index contributed by atoms with van der Waals surface area (Å²) in [6.45, 7) is 25.9. The number of rotatable bonds is 2. The van der Waals surface area contributed by atoms with Crippen molar-refractivity contribution in [2.75, 3.05) is 0 Å². The number of aromatic amines is 1. The molecule has 0 saturated heterocycles. The van der Waals surface area contributed by atoms with Crippen LogP contribution in [0.15, 0.2) is 38.8 Å². The van der Waals surface area contributed by atoms with Gasteiger partial charge in [0.15, 0.2) is 0 Å². The third-order valence-corrected chi connectivity index (χ3v) is 9.62. The molecule has 0 spiro atoms. The van der Waals surface area contributed by atoms with E-state index in [0.717, 1.165) is 0 Å². The fourth-order valence-electron chi connectivity index (χ4n) is 4.69. The summed E-state index contributed by atoms with van der Waals surface area (Å²) in [6.07, 6.45) is 0. The Hall–Kier alpha value is -0.466. The minimum Gasteiger partial charge on any atom is -1.00 e. The van der Waals surface area contributed by atoms with Crippen molar-refractivity contribution in [2.24, 2.45) is 5.41 Å². The largest absolute Gasteiger partial charge is 1.00 e. The molecule has 0 aliphatic heterocycles. The molecule has 0 saturated carbocycles. The van der Waals surface area contributed by atoms with Gasteiger partial charge in [0.25, 0.3) is 0 Å². The summed E-state index contributed by atoms with van der Waals surface area (Å²) in [6, 6.07) is 6.82. The number of hydrogen-bond acceptors (Lipinski definition) is 0. The maximum absolute atomic E-state index is 3.90. The van der Waals surface area contributed by atoms with Crippen LogP contribution in [0.4, 0.5) is 0 Å². The second-order valence-electron chi connectivity index (χ2n) is 11.1. The van der Waals surface area contributed by atoms with Crippen LogP contribution in [-0.2, 0) is 30.0 Å². The molecule has 0 atom stereocenters. The number of hydrogen-bond donors (Lipinski definition) is 1. The SMILES string of the molecule is CC1=C(C)C(C)(C)[C]([Ti+2][c]2[nH]c3cccc(C(C)(C)C)c3c2C(C)(C)C)=C1C.[Cl-].[Cl-]. The first-order valence-electron chi connectivity index (χ1n) is 10.5. The van der Waals surface area contributed by atoms with Crippen molar-refractivity contribution in [1.29, 1.82) is 0 Å². The Morgan fingerprint density at radius 3 is 1.83 bits per heavy atom. The van der Waals surface area contributed by atoms with E-state index in [4.69, 9.17) is 0 Å². The summed E-state index contributed by atoms with van der Waals surface area (Å²) in [5, 5.41) is 1.47. The van der Waals surface area contributed by atoms with Crippen LogP contribution in [0.25, 0.3) is 10.9 Å². The topological polar surface area (TPSA) is 15.8 Å². The zero-order chi connectivity index (χ0) is 21.2. The smallest absolute Gasteiger partial charge is 1.00 e. The van der Waals surface area contributed by atoms with E-state index in [2.05, 4.69) is 99.3 Å². The Morgan fingerprint density at radius 2 is 1.40 bits per heavy atom. The van der Waals surface area contributed by atoms with Crippen molar-refractivity contribution in [3.8, 4) is 0 Å². The van der Waals surface area contributed by atoms with E-state index < -0.39 is 19.2 Å². The van der Waals surface area contributed by atoms with Gasteiger partial charge in [-0.05, 0) is 0 Å². The molecular formula is C26H37Cl2NTi. The Morgan fingerprint density at radius 1 is 0.833 bits per heavy atom. The first kappa shape index (κ1) is 27.6. The predicted molar refractivity (Wildman–Crippen MR) is 120 cm³/mol. The number of H-pyrrole nitrogens is 1. The third kappa shape index (κ3) is 4.51. The quantitative estimate of drug-likeness (QED) is 0.619. The zero-order valence-corrected chi connectivity index (χ0v) is 23.6. The number of nitrogens with one attached hydrogen (secondary N) is 1. The standard InChI is InChI=1S/C16H22N.C10H15.2ClH.Ti/c1-15(2,3)11-8-7-9-13-14(11)12(10-17-13)16(4,5)6;1-7-6-10(4,5)9(3)8(7)2;;;/h7-9,17H,1-6H3;1-5H3;2*1H;/q;;;;+2/p-2. The second-order valence-corrected chi connectivity index (χ2v) is 13.1.